The molecule has 166 valence electrons. The van der Waals surface area contributed by atoms with E-state index >= 15 is 0 Å². The Morgan fingerprint density at radius 1 is 1.19 bits per heavy atom. The van der Waals surface area contributed by atoms with Crippen LogP contribution >= 0.6 is 11.6 Å². The highest BCUT2D eigenvalue weighted by atomic mass is 35.5. The van der Waals surface area contributed by atoms with E-state index in [0.717, 1.165) is 43.0 Å². The van der Waals surface area contributed by atoms with Gasteiger partial charge in [-0.1, -0.05) is 30.9 Å². The van der Waals surface area contributed by atoms with Gasteiger partial charge in [0.1, 0.15) is 11.6 Å². The minimum atomic E-state index is 0.0725. The zero-order chi connectivity index (χ0) is 21.6. The monoisotopic (exact) mass is 441 g/mol. The summed E-state index contributed by atoms with van der Waals surface area (Å²) in [6, 6.07) is 2.24. The Morgan fingerprint density at radius 3 is 2.81 bits per heavy atom. The summed E-state index contributed by atoms with van der Waals surface area (Å²) in [7, 11) is 0. The van der Waals surface area contributed by atoms with Gasteiger partial charge in [0.15, 0.2) is 0 Å². The number of carbonyl (C=O) groups is 1. The van der Waals surface area contributed by atoms with Gasteiger partial charge in [0.2, 0.25) is 0 Å². The molecule has 1 saturated carbocycles. The largest absolute Gasteiger partial charge is 0.366 e. The Morgan fingerprint density at radius 2 is 2.03 bits per heavy atom. The lowest BCUT2D eigenvalue weighted by Crippen LogP contribution is -2.35. The van der Waals surface area contributed by atoms with Crippen LogP contribution in [0.5, 0.6) is 0 Å². The zero-order valence-corrected chi connectivity index (χ0v) is 19.0. The van der Waals surface area contributed by atoms with Gasteiger partial charge in [-0.2, -0.15) is 0 Å². The number of carbonyl (C=O) groups excluding carboxylic acids is 1. The third-order valence-corrected chi connectivity index (χ3v) is 6.96. The smallest absolute Gasteiger partial charge is 0.145 e. The van der Waals surface area contributed by atoms with Crippen molar-refractivity contribution < 1.29 is 4.79 Å². The van der Waals surface area contributed by atoms with Crippen molar-refractivity contribution in [2.24, 2.45) is 11.8 Å². The van der Waals surface area contributed by atoms with Crippen molar-refractivity contribution in [1.82, 2.24) is 20.3 Å². The zero-order valence-electron chi connectivity index (χ0n) is 18.2. The van der Waals surface area contributed by atoms with Gasteiger partial charge in [-0.25, -0.2) is 4.98 Å². The molecule has 0 spiro atoms. The van der Waals surface area contributed by atoms with Crippen molar-refractivity contribution in [1.29, 1.82) is 0 Å². The number of nitrogens with zero attached hydrogens (tertiary/aromatic N) is 3. The van der Waals surface area contributed by atoms with Crippen LogP contribution in [0.2, 0.25) is 5.02 Å². The van der Waals surface area contributed by atoms with Crippen LogP contribution in [0.4, 0.5) is 5.82 Å². The van der Waals surface area contributed by atoms with E-state index in [2.05, 4.69) is 27.5 Å². The van der Waals surface area contributed by atoms with E-state index in [1.165, 1.54) is 32.1 Å². The number of ketones is 1. The molecule has 2 fully saturated rings. The average Bonchev–Trinajstić information content (AvgIpc) is 2.81. The number of pyridine rings is 1. The Kier molecular flexibility index (Phi) is 7.51. The molecule has 4 rings (SSSR count). The van der Waals surface area contributed by atoms with Crippen LogP contribution in [-0.4, -0.2) is 39.9 Å². The van der Waals surface area contributed by atoms with Crippen molar-refractivity contribution in [3.05, 3.63) is 35.4 Å². The predicted octanol–water partition coefficient (Wildman–Crippen LogP) is 4.68. The summed E-state index contributed by atoms with van der Waals surface area (Å²) in [5.74, 6) is 1.74. The van der Waals surface area contributed by atoms with E-state index in [1.54, 1.807) is 18.6 Å². The molecule has 2 aliphatic rings. The fraction of sp³-hybridized carbons (Fsp3) is 0.583. The number of hydrogen-bond donors (Lipinski definition) is 2. The highest BCUT2D eigenvalue weighted by Crippen LogP contribution is 2.30. The van der Waals surface area contributed by atoms with Gasteiger partial charge in [-0.3, -0.25) is 14.8 Å². The Bertz CT molecular complexity index is 893. The number of hydrogen-bond acceptors (Lipinski definition) is 6. The van der Waals surface area contributed by atoms with E-state index < -0.39 is 0 Å². The van der Waals surface area contributed by atoms with Crippen molar-refractivity contribution in [3.63, 3.8) is 0 Å². The van der Waals surface area contributed by atoms with Crippen molar-refractivity contribution in [3.8, 4) is 11.3 Å². The number of anilines is 1. The second kappa shape index (κ2) is 10.5. The van der Waals surface area contributed by atoms with Crippen LogP contribution in [0.25, 0.3) is 11.3 Å². The molecule has 2 aromatic rings. The maximum Gasteiger partial charge on any atom is 0.145 e. The number of aromatic nitrogens is 3. The van der Waals surface area contributed by atoms with Crippen molar-refractivity contribution >= 4 is 23.2 Å². The van der Waals surface area contributed by atoms with E-state index in [1.807, 2.05) is 6.07 Å². The normalized spacial score (nSPS) is 20.9. The average molecular weight is 442 g/mol. The molecule has 0 amide bonds. The second-order valence-electron chi connectivity index (χ2n) is 8.96. The first-order valence-corrected chi connectivity index (χ1v) is 11.9. The van der Waals surface area contributed by atoms with Gasteiger partial charge in [0.05, 0.1) is 23.1 Å². The van der Waals surface area contributed by atoms with Crippen LogP contribution in [0.15, 0.2) is 24.7 Å². The molecule has 0 aromatic carbocycles. The first-order chi connectivity index (χ1) is 15.1. The third-order valence-electron chi connectivity index (χ3n) is 6.66. The van der Waals surface area contributed by atoms with Crippen molar-refractivity contribution in [2.75, 3.05) is 18.4 Å². The number of rotatable bonds is 7. The molecule has 1 saturated heterocycles. The second-order valence-corrected chi connectivity index (χ2v) is 9.37. The van der Waals surface area contributed by atoms with Gasteiger partial charge in [-0.15, -0.1) is 0 Å². The number of piperidine rings is 1. The molecule has 31 heavy (non-hydrogen) atoms. The Balaban J connectivity index is 1.47. The minimum Gasteiger partial charge on any atom is -0.366 e. The lowest BCUT2D eigenvalue weighted by atomic mass is 9.84. The topological polar surface area (TPSA) is 79.8 Å². The fourth-order valence-electron chi connectivity index (χ4n) is 4.77. The van der Waals surface area contributed by atoms with Crippen LogP contribution < -0.4 is 10.6 Å². The quantitative estimate of drug-likeness (QED) is 0.649. The van der Waals surface area contributed by atoms with E-state index in [4.69, 9.17) is 16.6 Å². The molecule has 2 aromatic heterocycles. The third kappa shape index (κ3) is 5.80. The number of Topliss-reactive ketones (excluding diaryl/α,β-unsaturated/α-hetero) is 1. The summed E-state index contributed by atoms with van der Waals surface area (Å²) in [5.41, 5.74) is 2.19. The molecule has 6 nitrogen and oxygen atoms in total. The first-order valence-electron chi connectivity index (χ1n) is 11.6. The molecule has 1 aliphatic heterocycles. The maximum absolute atomic E-state index is 12.7. The van der Waals surface area contributed by atoms with Crippen LogP contribution in [0.3, 0.4) is 0 Å². The van der Waals surface area contributed by atoms with E-state index in [0.29, 0.717) is 29.1 Å². The van der Waals surface area contributed by atoms with Gasteiger partial charge in [-0.05, 0) is 51.1 Å². The highest BCUT2D eigenvalue weighted by molar-refractivity contribution is 6.33. The Labute approximate surface area is 189 Å². The lowest BCUT2D eigenvalue weighted by Gasteiger charge is -2.28. The van der Waals surface area contributed by atoms with Gasteiger partial charge >= 0.3 is 0 Å². The molecular formula is C24H32ClN5O. The Hall–Kier alpha value is -2.05. The summed E-state index contributed by atoms with van der Waals surface area (Å²) in [5, 5.41) is 7.36. The fourth-order valence-corrected chi connectivity index (χ4v) is 4.98. The lowest BCUT2D eigenvalue weighted by molar-refractivity contribution is -0.122. The van der Waals surface area contributed by atoms with Crippen LogP contribution in [0, 0.1) is 11.8 Å². The maximum atomic E-state index is 12.7. The summed E-state index contributed by atoms with van der Waals surface area (Å²) in [6.07, 6.45) is 13.9. The van der Waals surface area contributed by atoms with Crippen LogP contribution in [-0.2, 0) is 11.2 Å². The van der Waals surface area contributed by atoms with Gasteiger partial charge < -0.3 is 10.6 Å². The standard InChI is InChI=1S/C24H32ClN5O/c1-16(17-6-3-2-4-7-17)29-24-15-27-14-22(30-24)20-10-19(28-13-21(20)25)11-23(31)18-8-5-9-26-12-18/h10,13-18,26H,2-9,11-12H2,1H3,(H,29,30)/t16-,18-/m1/s1. The van der Waals surface area contributed by atoms with Gasteiger partial charge in [0, 0.05) is 42.4 Å². The molecule has 0 unspecified atom stereocenters. The van der Waals surface area contributed by atoms with Crippen LogP contribution in [0.1, 0.15) is 57.6 Å². The molecule has 2 N–H and O–H groups in total. The SMILES string of the molecule is C[C@@H](Nc1cncc(-c2cc(CC(=O)[C@@H]3CCCNC3)ncc2Cl)n1)C1CCCCC1. The summed E-state index contributed by atoms with van der Waals surface area (Å²) in [4.78, 5) is 26.2. The molecule has 1 aliphatic carbocycles. The number of halogens is 1. The van der Waals surface area contributed by atoms with Gasteiger partial charge in [0.25, 0.3) is 0 Å². The van der Waals surface area contributed by atoms with E-state index in [9.17, 15) is 4.79 Å². The number of nitrogens with one attached hydrogen (secondary N) is 2. The van der Waals surface area contributed by atoms with Crippen molar-refractivity contribution in [2.45, 2.75) is 64.3 Å². The minimum absolute atomic E-state index is 0.0725. The molecular weight excluding hydrogens is 410 g/mol. The highest BCUT2D eigenvalue weighted by Gasteiger charge is 2.22. The predicted molar refractivity (Wildman–Crippen MR) is 124 cm³/mol. The molecule has 3 heterocycles. The molecule has 0 bridgehead atoms. The molecule has 7 heteroatoms. The summed E-state index contributed by atoms with van der Waals surface area (Å²) in [6.45, 7) is 3.99. The summed E-state index contributed by atoms with van der Waals surface area (Å²) >= 11 is 6.45. The molecule has 2 atom stereocenters. The molecule has 0 radical (unpaired) electrons. The first kappa shape index (κ1) is 22.2. The summed E-state index contributed by atoms with van der Waals surface area (Å²) < 4.78 is 0. The van der Waals surface area contributed by atoms with E-state index in [-0.39, 0.29) is 11.7 Å².